The molecular weight excluding hydrogens is 322 g/mol. The fraction of sp³-hybridized carbons (Fsp3) is 0. The Labute approximate surface area is 142 Å². The minimum Gasteiger partial charge on any atom is -0.207 e. The first-order valence-corrected chi connectivity index (χ1v) is 7.68. The zero-order valence-corrected chi connectivity index (χ0v) is 13.1. The van der Waals surface area contributed by atoms with Gasteiger partial charge in [-0.15, -0.1) is 0 Å². The van der Waals surface area contributed by atoms with Gasteiger partial charge in [-0.25, -0.2) is 8.78 Å². The molecule has 0 fully saturated rings. The van der Waals surface area contributed by atoms with Gasteiger partial charge in [-0.05, 0) is 70.6 Å². The minimum absolute atomic E-state index is 0.333. The van der Waals surface area contributed by atoms with Crippen LogP contribution in [0, 0.1) is 11.6 Å². The summed E-state index contributed by atoms with van der Waals surface area (Å²) in [4.78, 5) is 3.10. The summed E-state index contributed by atoms with van der Waals surface area (Å²) >= 11 is 0. The van der Waals surface area contributed by atoms with E-state index in [-0.39, 0.29) is 11.6 Å². The van der Waals surface area contributed by atoms with Gasteiger partial charge in [0.2, 0.25) is 0 Å². The molecular formula is C19H13F2N4+. The Bertz CT molecular complexity index is 931. The molecule has 0 bridgehead atoms. The van der Waals surface area contributed by atoms with Crippen LogP contribution in [0.4, 0.5) is 8.78 Å². The largest absolute Gasteiger partial charge is 0.340 e. The van der Waals surface area contributed by atoms with Crippen LogP contribution in [0.3, 0.4) is 0 Å². The fourth-order valence-corrected chi connectivity index (χ4v) is 2.47. The number of benzene rings is 3. The normalized spacial score (nSPS) is 10.8. The van der Waals surface area contributed by atoms with Crippen LogP contribution in [-0.4, -0.2) is 15.0 Å². The molecule has 0 unspecified atom stereocenters. The van der Waals surface area contributed by atoms with E-state index in [2.05, 4.69) is 10.2 Å². The second kappa shape index (κ2) is 6.24. The van der Waals surface area contributed by atoms with Crippen LogP contribution in [-0.2, 0) is 0 Å². The highest BCUT2D eigenvalue weighted by Gasteiger charge is 2.23. The van der Waals surface area contributed by atoms with Crippen molar-refractivity contribution < 1.29 is 13.6 Å². The summed E-state index contributed by atoms with van der Waals surface area (Å²) in [6.07, 6.45) is 0. The standard InChI is InChI=1S/C19H13F2N4/c20-15-6-10-17(11-7-15)24-22-19(14-4-2-1-3-5-14)23-25(24)18-12-8-16(21)9-13-18/h1-13H/q+1. The zero-order chi connectivity index (χ0) is 17.2. The SMILES string of the molecule is Fc1ccc(-n2nc(-c3ccccc3)n[n+]2-c2ccc(F)cc2)cc1. The Morgan fingerprint density at radius 2 is 1.32 bits per heavy atom. The Morgan fingerprint density at radius 3 is 1.96 bits per heavy atom. The topological polar surface area (TPSA) is 34.6 Å². The molecule has 4 aromatic rings. The number of tetrazole rings is 1. The molecule has 1 aromatic heterocycles. The molecule has 3 aromatic carbocycles. The number of aromatic nitrogens is 4. The third-order valence-corrected chi connectivity index (χ3v) is 3.71. The minimum atomic E-state index is -0.333. The Morgan fingerprint density at radius 1 is 0.720 bits per heavy atom. The van der Waals surface area contributed by atoms with E-state index in [0.717, 1.165) is 5.56 Å². The van der Waals surface area contributed by atoms with Crippen molar-refractivity contribution >= 4 is 0 Å². The third kappa shape index (κ3) is 3.01. The monoisotopic (exact) mass is 335 g/mol. The van der Waals surface area contributed by atoms with Gasteiger partial charge in [-0.3, -0.25) is 0 Å². The maximum Gasteiger partial charge on any atom is 0.340 e. The molecule has 0 aliphatic carbocycles. The smallest absolute Gasteiger partial charge is 0.207 e. The van der Waals surface area contributed by atoms with Gasteiger partial charge >= 0.3 is 5.82 Å². The highest BCUT2D eigenvalue weighted by molar-refractivity contribution is 5.53. The summed E-state index contributed by atoms with van der Waals surface area (Å²) in [5.41, 5.74) is 2.13. The zero-order valence-electron chi connectivity index (χ0n) is 13.1. The van der Waals surface area contributed by atoms with E-state index in [1.165, 1.54) is 24.3 Å². The molecule has 0 N–H and O–H groups in total. The maximum absolute atomic E-state index is 13.2. The lowest BCUT2D eigenvalue weighted by atomic mass is 10.2. The molecule has 0 radical (unpaired) electrons. The van der Waals surface area contributed by atoms with E-state index >= 15 is 0 Å². The summed E-state index contributed by atoms with van der Waals surface area (Å²) < 4.78 is 26.5. The molecule has 0 aliphatic rings. The predicted octanol–water partition coefficient (Wildman–Crippen LogP) is 3.49. The van der Waals surface area contributed by atoms with Crippen molar-refractivity contribution in [2.45, 2.75) is 0 Å². The quantitative estimate of drug-likeness (QED) is 0.537. The lowest BCUT2D eigenvalue weighted by Crippen LogP contribution is -2.43. The van der Waals surface area contributed by atoms with Gasteiger partial charge in [0.05, 0.1) is 10.7 Å². The molecule has 25 heavy (non-hydrogen) atoms. The van der Waals surface area contributed by atoms with E-state index in [4.69, 9.17) is 0 Å². The summed E-state index contributed by atoms with van der Waals surface area (Å²) in [6, 6.07) is 21.4. The second-order valence-corrected chi connectivity index (χ2v) is 5.42. The average Bonchev–Trinajstić information content (AvgIpc) is 3.09. The predicted molar refractivity (Wildman–Crippen MR) is 88.2 cm³/mol. The van der Waals surface area contributed by atoms with Crippen molar-refractivity contribution in [1.29, 1.82) is 0 Å². The summed E-state index contributed by atoms with van der Waals surface area (Å²) in [5.74, 6) is -0.157. The van der Waals surface area contributed by atoms with Gasteiger partial charge in [-0.2, -0.15) is 0 Å². The van der Waals surface area contributed by atoms with Crippen molar-refractivity contribution in [3.63, 3.8) is 0 Å². The van der Waals surface area contributed by atoms with Crippen molar-refractivity contribution in [2.24, 2.45) is 0 Å². The molecule has 1 heterocycles. The van der Waals surface area contributed by atoms with E-state index in [0.29, 0.717) is 17.2 Å². The summed E-state index contributed by atoms with van der Waals surface area (Å²) in [6.45, 7) is 0. The maximum atomic E-state index is 13.2. The summed E-state index contributed by atoms with van der Waals surface area (Å²) in [7, 11) is 0. The first kappa shape index (κ1) is 15.1. The van der Waals surface area contributed by atoms with E-state index in [1.807, 2.05) is 30.3 Å². The van der Waals surface area contributed by atoms with Crippen LogP contribution in [0.5, 0.6) is 0 Å². The van der Waals surface area contributed by atoms with Crippen molar-refractivity contribution in [2.75, 3.05) is 0 Å². The molecule has 0 saturated heterocycles. The number of nitrogens with zero attached hydrogens (tertiary/aromatic N) is 4. The van der Waals surface area contributed by atoms with Crippen molar-refractivity contribution in [3.05, 3.63) is 90.5 Å². The summed E-state index contributed by atoms with van der Waals surface area (Å²) in [5, 5.41) is 9.06. The Hall–Kier alpha value is -3.41. The van der Waals surface area contributed by atoms with Gasteiger partial charge in [0.25, 0.3) is 0 Å². The average molecular weight is 335 g/mol. The van der Waals surface area contributed by atoms with Crippen LogP contribution in [0.2, 0.25) is 0 Å². The first-order valence-electron chi connectivity index (χ1n) is 7.68. The fourth-order valence-electron chi connectivity index (χ4n) is 2.47. The molecule has 0 spiro atoms. The molecule has 0 saturated carbocycles. The third-order valence-electron chi connectivity index (χ3n) is 3.71. The van der Waals surface area contributed by atoms with Crippen LogP contribution in [0.25, 0.3) is 22.8 Å². The lowest BCUT2D eigenvalue weighted by molar-refractivity contribution is -0.734. The molecule has 0 aliphatic heterocycles. The lowest BCUT2D eigenvalue weighted by Gasteiger charge is -1.99. The van der Waals surface area contributed by atoms with Gasteiger partial charge in [0.1, 0.15) is 17.3 Å². The van der Waals surface area contributed by atoms with E-state index < -0.39 is 0 Å². The Balaban J connectivity index is 1.89. The van der Waals surface area contributed by atoms with Gasteiger partial charge in [0.15, 0.2) is 5.69 Å². The van der Waals surface area contributed by atoms with Crippen LogP contribution >= 0.6 is 0 Å². The number of rotatable bonds is 3. The number of hydrogen-bond donors (Lipinski definition) is 0. The highest BCUT2D eigenvalue weighted by Crippen LogP contribution is 2.15. The molecule has 122 valence electrons. The highest BCUT2D eigenvalue weighted by atomic mass is 19.1. The van der Waals surface area contributed by atoms with Crippen LogP contribution in [0.15, 0.2) is 78.9 Å². The molecule has 6 heteroatoms. The van der Waals surface area contributed by atoms with Crippen LogP contribution < -0.4 is 4.80 Å². The van der Waals surface area contributed by atoms with E-state index in [1.54, 1.807) is 33.9 Å². The number of halogens is 2. The molecule has 4 nitrogen and oxygen atoms in total. The van der Waals surface area contributed by atoms with Gasteiger partial charge in [0, 0.05) is 4.80 Å². The van der Waals surface area contributed by atoms with Gasteiger partial charge in [-0.1, -0.05) is 18.2 Å². The molecule has 4 rings (SSSR count). The second-order valence-electron chi connectivity index (χ2n) is 5.42. The van der Waals surface area contributed by atoms with Gasteiger partial charge < -0.3 is 0 Å². The van der Waals surface area contributed by atoms with Crippen molar-refractivity contribution in [1.82, 2.24) is 15.0 Å². The molecule has 0 amide bonds. The van der Waals surface area contributed by atoms with E-state index in [9.17, 15) is 8.78 Å². The Kier molecular flexibility index (Phi) is 3.78. The molecule has 0 atom stereocenters. The number of hydrogen-bond acceptors (Lipinski definition) is 2. The first-order chi connectivity index (χ1) is 12.2. The van der Waals surface area contributed by atoms with Crippen LogP contribution in [0.1, 0.15) is 0 Å². The van der Waals surface area contributed by atoms with Crippen molar-refractivity contribution in [3.8, 4) is 22.8 Å².